The fourth-order valence-electron chi connectivity index (χ4n) is 2.15. The molecule has 146 valence electrons. The van der Waals surface area contributed by atoms with Crippen LogP contribution in [0.5, 0.6) is 0 Å². The van der Waals surface area contributed by atoms with E-state index < -0.39 is 34.2 Å². The van der Waals surface area contributed by atoms with Crippen LogP contribution in [0, 0.1) is 0 Å². The van der Waals surface area contributed by atoms with E-state index in [-0.39, 0.29) is 21.4 Å². The van der Waals surface area contributed by atoms with Crippen molar-refractivity contribution >= 4 is 50.5 Å². The molecule has 2 rings (SSSR count). The summed E-state index contributed by atoms with van der Waals surface area (Å²) in [5.74, 6) is -0.873. The number of carbonyl (C=O) groups excluding carboxylic acids is 1. The number of rotatable bonds is 5. The molecule has 0 unspecified atom stereocenters. The van der Waals surface area contributed by atoms with Gasteiger partial charge in [0.05, 0.1) is 28.2 Å². The minimum atomic E-state index is -4.62. The zero-order valence-corrected chi connectivity index (χ0v) is 16.0. The van der Waals surface area contributed by atoms with Crippen LogP contribution in [-0.2, 0) is 21.0 Å². The summed E-state index contributed by atoms with van der Waals surface area (Å²) in [6, 6.07) is 8.22. The molecule has 0 aliphatic heterocycles. The molecule has 0 atom stereocenters. The average Bonchev–Trinajstić information content (AvgIpc) is 2.52. The molecule has 1 amide bonds. The Kier molecular flexibility index (Phi) is 6.28. The summed E-state index contributed by atoms with van der Waals surface area (Å²) in [4.78, 5) is 12.3. The van der Waals surface area contributed by atoms with Gasteiger partial charge in [-0.25, -0.2) is 8.42 Å². The first-order chi connectivity index (χ1) is 12.4. The number of anilines is 2. The van der Waals surface area contributed by atoms with Gasteiger partial charge in [-0.15, -0.1) is 0 Å². The Labute approximate surface area is 163 Å². The van der Waals surface area contributed by atoms with Gasteiger partial charge in [0.25, 0.3) is 0 Å². The molecule has 0 spiro atoms. The Morgan fingerprint density at radius 1 is 1.15 bits per heavy atom. The normalized spacial score (nSPS) is 11.9. The summed E-state index contributed by atoms with van der Waals surface area (Å²) in [6.45, 7) is -0.675. The van der Waals surface area contributed by atoms with E-state index in [4.69, 9.17) is 23.2 Å². The van der Waals surface area contributed by atoms with Crippen LogP contribution in [0.25, 0.3) is 0 Å². The van der Waals surface area contributed by atoms with Crippen molar-refractivity contribution in [2.45, 2.75) is 6.18 Å². The molecule has 0 saturated carbocycles. The molecule has 5 nitrogen and oxygen atoms in total. The fraction of sp³-hybridized carbons (Fsp3) is 0.188. The standard InChI is InChI=1S/C16H13Cl2F3N2O3S/c1-27(25,26)23(12-4-2-3-11(17)8-12)9-15(24)22-14-7-10(16(19,20)21)5-6-13(14)18/h2-8H,9H2,1H3,(H,22,24). The van der Waals surface area contributed by atoms with E-state index in [0.29, 0.717) is 6.07 Å². The first-order valence-electron chi connectivity index (χ1n) is 7.28. The van der Waals surface area contributed by atoms with E-state index in [9.17, 15) is 26.4 Å². The molecule has 0 saturated heterocycles. The van der Waals surface area contributed by atoms with Crippen molar-refractivity contribution in [3.05, 3.63) is 58.1 Å². The quantitative estimate of drug-likeness (QED) is 0.748. The lowest BCUT2D eigenvalue weighted by Crippen LogP contribution is -2.37. The van der Waals surface area contributed by atoms with Gasteiger partial charge in [-0.05, 0) is 36.4 Å². The number of nitrogens with zero attached hydrogens (tertiary/aromatic N) is 1. The van der Waals surface area contributed by atoms with Crippen molar-refractivity contribution in [3.8, 4) is 0 Å². The highest BCUT2D eigenvalue weighted by Gasteiger charge is 2.31. The maximum absolute atomic E-state index is 12.8. The van der Waals surface area contributed by atoms with Gasteiger partial charge in [-0.2, -0.15) is 13.2 Å². The van der Waals surface area contributed by atoms with E-state index in [1.165, 1.54) is 24.3 Å². The molecule has 2 aromatic carbocycles. The largest absolute Gasteiger partial charge is 0.416 e. The minimum Gasteiger partial charge on any atom is -0.323 e. The van der Waals surface area contributed by atoms with Crippen LogP contribution in [0.1, 0.15) is 5.56 Å². The number of hydrogen-bond donors (Lipinski definition) is 1. The zero-order valence-electron chi connectivity index (χ0n) is 13.7. The first-order valence-corrected chi connectivity index (χ1v) is 9.88. The van der Waals surface area contributed by atoms with Crippen LogP contribution < -0.4 is 9.62 Å². The third-order valence-electron chi connectivity index (χ3n) is 3.35. The van der Waals surface area contributed by atoms with Gasteiger partial charge in [0.2, 0.25) is 15.9 Å². The Hall–Kier alpha value is -1.97. The second-order valence-electron chi connectivity index (χ2n) is 5.49. The highest BCUT2D eigenvalue weighted by Crippen LogP contribution is 2.34. The summed E-state index contributed by atoms with van der Waals surface area (Å²) in [5.41, 5.74) is -1.15. The van der Waals surface area contributed by atoms with Gasteiger partial charge in [0.1, 0.15) is 6.54 Å². The molecule has 0 fully saturated rings. The molecule has 0 radical (unpaired) electrons. The number of hydrogen-bond acceptors (Lipinski definition) is 3. The lowest BCUT2D eigenvalue weighted by Gasteiger charge is -2.22. The highest BCUT2D eigenvalue weighted by atomic mass is 35.5. The molecular weight excluding hydrogens is 428 g/mol. The highest BCUT2D eigenvalue weighted by molar-refractivity contribution is 7.92. The summed E-state index contributed by atoms with van der Waals surface area (Å²) in [5, 5.41) is 2.33. The number of benzene rings is 2. The summed E-state index contributed by atoms with van der Waals surface area (Å²) in [6.07, 6.45) is -3.73. The van der Waals surface area contributed by atoms with Crippen LogP contribution in [0.2, 0.25) is 10.0 Å². The predicted octanol–water partition coefficient (Wildman–Crippen LogP) is 4.42. The molecule has 27 heavy (non-hydrogen) atoms. The van der Waals surface area contributed by atoms with Gasteiger partial charge >= 0.3 is 6.18 Å². The Morgan fingerprint density at radius 2 is 1.81 bits per heavy atom. The van der Waals surface area contributed by atoms with Crippen molar-refractivity contribution in [2.75, 3.05) is 22.4 Å². The van der Waals surface area contributed by atoms with Crippen LogP contribution in [0.3, 0.4) is 0 Å². The number of alkyl halides is 3. The summed E-state index contributed by atoms with van der Waals surface area (Å²) < 4.78 is 63.2. The maximum Gasteiger partial charge on any atom is 0.416 e. The lowest BCUT2D eigenvalue weighted by molar-refractivity contribution is -0.137. The van der Waals surface area contributed by atoms with Crippen LogP contribution in [0.15, 0.2) is 42.5 Å². The van der Waals surface area contributed by atoms with E-state index in [1.807, 2.05) is 0 Å². The topological polar surface area (TPSA) is 66.5 Å². The minimum absolute atomic E-state index is 0.120. The van der Waals surface area contributed by atoms with Crippen molar-refractivity contribution in [1.29, 1.82) is 0 Å². The molecule has 0 aliphatic carbocycles. The number of carbonyl (C=O) groups is 1. The van der Waals surface area contributed by atoms with Crippen LogP contribution in [0.4, 0.5) is 24.5 Å². The van der Waals surface area contributed by atoms with Crippen molar-refractivity contribution in [1.82, 2.24) is 0 Å². The molecule has 0 heterocycles. The van der Waals surface area contributed by atoms with E-state index in [0.717, 1.165) is 22.7 Å². The van der Waals surface area contributed by atoms with Gasteiger partial charge in [0, 0.05) is 5.02 Å². The van der Waals surface area contributed by atoms with E-state index in [1.54, 1.807) is 0 Å². The monoisotopic (exact) mass is 440 g/mol. The molecule has 0 aromatic heterocycles. The smallest absolute Gasteiger partial charge is 0.323 e. The van der Waals surface area contributed by atoms with Crippen molar-refractivity contribution in [2.24, 2.45) is 0 Å². The second kappa shape index (κ2) is 7.95. The molecule has 1 N–H and O–H groups in total. The summed E-state index contributed by atoms with van der Waals surface area (Å²) in [7, 11) is -3.86. The molecule has 2 aromatic rings. The van der Waals surface area contributed by atoms with Gasteiger partial charge in [-0.1, -0.05) is 29.3 Å². The van der Waals surface area contributed by atoms with Crippen LogP contribution in [-0.4, -0.2) is 27.1 Å². The Balaban J connectivity index is 2.27. The molecular formula is C16H13Cl2F3N2O3S. The third-order valence-corrected chi connectivity index (χ3v) is 5.06. The van der Waals surface area contributed by atoms with Gasteiger partial charge in [-0.3, -0.25) is 9.10 Å². The SMILES string of the molecule is CS(=O)(=O)N(CC(=O)Nc1cc(C(F)(F)F)ccc1Cl)c1cccc(Cl)c1. The molecule has 0 bridgehead atoms. The number of halogens is 5. The van der Waals surface area contributed by atoms with Crippen LogP contribution >= 0.6 is 23.2 Å². The van der Waals surface area contributed by atoms with E-state index in [2.05, 4.69) is 5.32 Å². The van der Waals surface area contributed by atoms with Gasteiger partial charge in [0.15, 0.2) is 0 Å². The van der Waals surface area contributed by atoms with Crippen molar-refractivity contribution in [3.63, 3.8) is 0 Å². The summed E-state index contributed by atoms with van der Waals surface area (Å²) >= 11 is 11.7. The predicted molar refractivity (Wildman–Crippen MR) is 98.7 cm³/mol. The number of sulfonamides is 1. The lowest BCUT2D eigenvalue weighted by atomic mass is 10.2. The third kappa shape index (κ3) is 5.75. The average molecular weight is 441 g/mol. The fourth-order valence-corrected chi connectivity index (χ4v) is 3.35. The van der Waals surface area contributed by atoms with Crippen molar-refractivity contribution < 1.29 is 26.4 Å². The van der Waals surface area contributed by atoms with Gasteiger partial charge < -0.3 is 5.32 Å². The molecule has 0 aliphatic rings. The number of amides is 1. The maximum atomic E-state index is 12.8. The first kappa shape index (κ1) is 21.3. The second-order valence-corrected chi connectivity index (χ2v) is 8.24. The Bertz CT molecular complexity index is 966. The van der Waals surface area contributed by atoms with E-state index >= 15 is 0 Å². The Morgan fingerprint density at radius 3 is 2.37 bits per heavy atom. The number of nitrogens with one attached hydrogen (secondary N) is 1. The molecule has 11 heteroatoms. The zero-order chi connectivity index (χ0) is 20.4.